The zero-order valence-corrected chi connectivity index (χ0v) is 10.4. The Balaban J connectivity index is 2.34. The molecule has 90 valence electrons. The molecule has 0 aliphatic carbocycles. The van der Waals surface area contributed by atoms with Crippen LogP contribution >= 0.6 is 0 Å². The number of piperidine rings is 1. The fourth-order valence-electron chi connectivity index (χ4n) is 1.68. The lowest BCUT2D eigenvalue weighted by molar-refractivity contribution is 0.422. The van der Waals surface area contributed by atoms with E-state index < -0.39 is 10.0 Å². The van der Waals surface area contributed by atoms with E-state index in [1.165, 1.54) is 0 Å². The predicted molar refractivity (Wildman–Crippen MR) is 62.3 cm³/mol. The van der Waals surface area contributed by atoms with Crippen LogP contribution in [-0.4, -0.2) is 33.3 Å². The molecule has 0 aromatic heterocycles. The maximum Gasteiger partial charge on any atom is 0.213 e. The highest BCUT2D eigenvalue weighted by molar-refractivity contribution is 7.89. The quantitative estimate of drug-likeness (QED) is 0.736. The molecule has 0 amide bonds. The lowest BCUT2D eigenvalue weighted by atomic mass is 10.1. The summed E-state index contributed by atoms with van der Waals surface area (Å²) < 4.78 is 25.9. The maximum absolute atomic E-state index is 11.7. The summed E-state index contributed by atoms with van der Waals surface area (Å²) >= 11 is 0. The third-order valence-electron chi connectivity index (χ3n) is 2.54. The third kappa shape index (κ3) is 5.49. The van der Waals surface area contributed by atoms with E-state index in [-0.39, 0.29) is 11.8 Å². The van der Waals surface area contributed by atoms with Crippen molar-refractivity contribution in [1.29, 1.82) is 0 Å². The van der Waals surface area contributed by atoms with Crippen LogP contribution in [0.3, 0.4) is 0 Å². The Bertz CT molecular complexity index is 269. The summed E-state index contributed by atoms with van der Waals surface area (Å²) in [6.45, 7) is 5.49. The molecule has 5 heteroatoms. The van der Waals surface area contributed by atoms with Gasteiger partial charge in [-0.05, 0) is 25.3 Å². The van der Waals surface area contributed by atoms with E-state index in [1.807, 2.05) is 13.8 Å². The van der Waals surface area contributed by atoms with Crippen LogP contribution in [0.15, 0.2) is 0 Å². The number of rotatable bonds is 5. The van der Waals surface area contributed by atoms with Crippen LogP contribution < -0.4 is 10.0 Å². The summed E-state index contributed by atoms with van der Waals surface area (Å²) in [5.74, 6) is 0.582. The zero-order valence-electron chi connectivity index (χ0n) is 9.62. The minimum Gasteiger partial charge on any atom is -0.313 e. The molecule has 1 heterocycles. The van der Waals surface area contributed by atoms with Crippen molar-refractivity contribution < 1.29 is 8.42 Å². The van der Waals surface area contributed by atoms with Gasteiger partial charge in [0.25, 0.3) is 0 Å². The van der Waals surface area contributed by atoms with Crippen LogP contribution in [-0.2, 0) is 10.0 Å². The van der Waals surface area contributed by atoms with Crippen molar-refractivity contribution in [2.24, 2.45) is 5.92 Å². The first-order valence-electron chi connectivity index (χ1n) is 5.70. The highest BCUT2D eigenvalue weighted by Gasteiger charge is 2.20. The van der Waals surface area contributed by atoms with E-state index in [9.17, 15) is 8.42 Å². The van der Waals surface area contributed by atoms with Crippen LogP contribution in [0, 0.1) is 5.92 Å². The molecule has 0 bridgehead atoms. The topological polar surface area (TPSA) is 58.2 Å². The number of sulfonamides is 1. The van der Waals surface area contributed by atoms with Crippen molar-refractivity contribution in [3.63, 3.8) is 0 Å². The molecule has 1 fully saturated rings. The zero-order chi connectivity index (χ0) is 11.3. The minimum atomic E-state index is -3.09. The van der Waals surface area contributed by atoms with Crippen LogP contribution in [0.25, 0.3) is 0 Å². The van der Waals surface area contributed by atoms with Crippen molar-refractivity contribution in [2.45, 2.75) is 39.2 Å². The van der Waals surface area contributed by atoms with Gasteiger partial charge in [-0.1, -0.05) is 20.3 Å². The first kappa shape index (κ1) is 12.9. The van der Waals surface area contributed by atoms with Gasteiger partial charge >= 0.3 is 0 Å². The van der Waals surface area contributed by atoms with Crippen molar-refractivity contribution in [3.8, 4) is 0 Å². The molecule has 0 aromatic carbocycles. The predicted octanol–water partition coefficient (Wildman–Crippen LogP) is 0.704. The van der Waals surface area contributed by atoms with Gasteiger partial charge in [-0.15, -0.1) is 0 Å². The van der Waals surface area contributed by atoms with E-state index in [0.717, 1.165) is 25.8 Å². The Hall–Kier alpha value is -0.130. The molecule has 0 aromatic rings. The molecule has 0 radical (unpaired) electrons. The first-order chi connectivity index (χ1) is 6.99. The molecular formula is C10H22N2O2S. The Kier molecular flexibility index (Phi) is 5.02. The Labute approximate surface area is 92.9 Å². The normalized spacial score (nSPS) is 23.3. The van der Waals surface area contributed by atoms with Gasteiger partial charge in [0.2, 0.25) is 10.0 Å². The second kappa shape index (κ2) is 5.82. The Morgan fingerprint density at radius 2 is 2.13 bits per heavy atom. The van der Waals surface area contributed by atoms with Gasteiger partial charge in [0.1, 0.15) is 0 Å². The van der Waals surface area contributed by atoms with Gasteiger partial charge in [-0.3, -0.25) is 0 Å². The monoisotopic (exact) mass is 234 g/mol. The average Bonchev–Trinajstić information content (AvgIpc) is 2.16. The molecule has 0 spiro atoms. The third-order valence-corrected chi connectivity index (χ3v) is 3.99. The molecule has 1 atom stereocenters. The van der Waals surface area contributed by atoms with Crippen molar-refractivity contribution in [2.75, 3.05) is 18.8 Å². The molecule has 2 N–H and O–H groups in total. The summed E-state index contributed by atoms with van der Waals surface area (Å²) in [6, 6.07) is 0.142. The van der Waals surface area contributed by atoms with Crippen LogP contribution in [0.4, 0.5) is 0 Å². The molecule has 1 rings (SSSR count). The molecule has 1 saturated heterocycles. The van der Waals surface area contributed by atoms with Gasteiger partial charge in [-0.2, -0.15) is 0 Å². The summed E-state index contributed by atoms with van der Waals surface area (Å²) in [6.07, 6.45) is 3.27. The van der Waals surface area contributed by atoms with E-state index in [1.54, 1.807) is 0 Å². The smallest absolute Gasteiger partial charge is 0.213 e. The fraction of sp³-hybridized carbons (Fsp3) is 1.00. The molecule has 1 unspecified atom stereocenters. The number of hydrogen-bond donors (Lipinski definition) is 2. The van der Waals surface area contributed by atoms with Crippen LogP contribution in [0.5, 0.6) is 0 Å². The van der Waals surface area contributed by atoms with Crippen molar-refractivity contribution >= 4 is 10.0 Å². The molecule has 1 aliphatic rings. The van der Waals surface area contributed by atoms with Gasteiger partial charge in [0.05, 0.1) is 5.75 Å². The SMILES string of the molecule is CC(C)CNS(=O)(=O)CC1CCCCN1. The fourth-order valence-corrected chi connectivity index (χ4v) is 3.20. The first-order valence-corrected chi connectivity index (χ1v) is 7.35. The largest absolute Gasteiger partial charge is 0.313 e. The number of hydrogen-bond acceptors (Lipinski definition) is 3. The van der Waals surface area contributed by atoms with E-state index >= 15 is 0 Å². The van der Waals surface area contributed by atoms with E-state index in [4.69, 9.17) is 0 Å². The van der Waals surface area contributed by atoms with Crippen molar-refractivity contribution in [3.05, 3.63) is 0 Å². The summed E-state index contributed by atoms with van der Waals surface area (Å²) in [5, 5.41) is 3.24. The molecule has 15 heavy (non-hydrogen) atoms. The highest BCUT2D eigenvalue weighted by atomic mass is 32.2. The molecule has 0 saturated carbocycles. The summed E-state index contributed by atoms with van der Waals surface area (Å²) in [4.78, 5) is 0. The summed E-state index contributed by atoms with van der Waals surface area (Å²) in [7, 11) is -3.09. The van der Waals surface area contributed by atoms with Crippen molar-refractivity contribution in [1.82, 2.24) is 10.0 Å². The Morgan fingerprint density at radius 1 is 1.40 bits per heavy atom. The minimum absolute atomic E-state index is 0.142. The van der Waals surface area contributed by atoms with E-state index in [0.29, 0.717) is 12.5 Å². The lowest BCUT2D eigenvalue weighted by Crippen LogP contribution is -2.43. The molecule has 4 nitrogen and oxygen atoms in total. The van der Waals surface area contributed by atoms with Gasteiger partial charge in [-0.25, -0.2) is 13.1 Å². The van der Waals surface area contributed by atoms with Gasteiger partial charge in [0.15, 0.2) is 0 Å². The molecule has 1 aliphatic heterocycles. The highest BCUT2D eigenvalue weighted by Crippen LogP contribution is 2.08. The maximum atomic E-state index is 11.7. The number of nitrogens with one attached hydrogen (secondary N) is 2. The van der Waals surface area contributed by atoms with Gasteiger partial charge in [0, 0.05) is 12.6 Å². The second-order valence-corrected chi connectivity index (χ2v) is 6.52. The standard InChI is InChI=1S/C10H22N2O2S/c1-9(2)7-12-15(13,14)8-10-5-3-4-6-11-10/h9-12H,3-8H2,1-2H3. The summed E-state index contributed by atoms with van der Waals surface area (Å²) in [5.41, 5.74) is 0. The van der Waals surface area contributed by atoms with E-state index in [2.05, 4.69) is 10.0 Å². The Morgan fingerprint density at radius 3 is 2.67 bits per heavy atom. The van der Waals surface area contributed by atoms with Crippen LogP contribution in [0.2, 0.25) is 0 Å². The lowest BCUT2D eigenvalue weighted by Gasteiger charge is -2.23. The molecular weight excluding hydrogens is 212 g/mol. The van der Waals surface area contributed by atoms with Crippen LogP contribution in [0.1, 0.15) is 33.1 Å². The second-order valence-electron chi connectivity index (χ2n) is 4.67. The van der Waals surface area contributed by atoms with Gasteiger partial charge < -0.3 is 5.32 Å². The average molecular weight is 234 g/mol.